The fourth-order valence-corrected chi connectivity index (χ4v) is 3.08. The normalized spacial score (nSPS) is 26.1. The summed E-state index contributed by atoms with van der Waals surface area (Å²) < 4.78 is 5.55. The summed E-state index contributed by atoms with van der Waals surface area (Å²) in [5.74, 6) is 0.151. The number of aromatic amines is 1. The van der Waals surface area contributed by atoms with Gasteiger partial charge in [0, 0.05) is 13.2 Å². The van der Waals surface area contributed by atoms with Crippen molar-refractivity contribution in [2.45, 2.75) is 50.7 Å². The highest BCUT2D eigenvalue weighted by atomic mass is 16.5. The summed E-state index contributed by atoms with van der Waals surface area (Å²) in [7, 11) is 0. The Morgan fingerprint density at radius 3 is 2.91 bits per heavy atom. The topological polar surface area (TPSA) is 109 Å². The van der Waals surface area contributed by atoms with E-state index in [1.165, 1.54) is 6.20 Å². The Bertz CT molecular complexity index is 555. The molecule has 0 bridgehead atoms. The molecule has 0 radical (unpaired) electrons. The van der Waals surface area contributed by atoms with Gasteiger partial charge in [0.05, 0.1) is 11.7 Å². The number of hydrogen-bond donors (Lipinski definition) is 3. The number of aromatic nitrogens is 3. The lowest BCUT2D eigenvalue weighted by Crippen LogP contribution is -2.60. The molecule has 126 valence electrons. The molecule has 1 saturated heterocycles. The van der Waals surface area contributed by atoms with Gasteiger partial charge >= 0.3 is 0 Å². The van der Waals surface area contributed by atoms with Gasteiger partial charge in [0.2, 0.25) is 5.91 Å². The van der Waals surface area contributed by atoms with Gasteiger partial charge in [-0.05, 0) is 38.0 Å². The van der Waals surface area contributed by atoms with Gasteiger partial charge in [-0.15, -0.1) is 0 Å². The molecule has 3 N–H and O–H groups in total. The lowest BCUT2D eigenvalue weighted by Gasteiger charge is -2.42. The van der Waals surface area contributed by atoms with Crippen LogP contribution in [0.25, 0.3) is 0 Å². The van der Waals surface area contributed by atoms with Crippen LogP contribution in [0.15, 0.2) is 6.20 Å². The predicted molar refractivity (Wildman–Crippen MR) is 81.6 cm³/mol. The lowest BCUT2D eigenvalue weighted by atomic mass is 9.76. The zero-order valence-corrected chi connectivity index (χ0v) is 13.3. The maximum Gasteiger partial charge on any atom is 0.273 e. The standard InChI is InChI=1S/C15H23N5O3/c1-10-3-6-23-12(7-10)14(22)16-9-15(4-2-5-15)18-13(21)11-8-17-20-19-11/h8,10,12H,2-7,9H2,1H3,(H,16,22)(H,18,21)(H,17,19,20)/t10-,12-/m0/s1. The monoisotopic (exact) mass is 321 g/mol. The summed E-state index contributed by atoms with van der Waals surface area (Å²) in [6.07, 6.45) is 5.49. The van der Waals surface area contributed by atoms with Crippen LogP contribution in [-0.4, -0.2) is 52.0 Å². The molecule has 8 heteroatoms. The quantitative estimate of drug-likeness (QED) is 0.727. The summed E-state index contributed by atoms with van der Waals surface area (Å²) in [5, 5.41) is 15.8. The van der Waals surface area contributed by atoms with E-state index in [0.717, 1.165) is 32.1 Å². The highest BCUT2D eigenvalue weighted by Gasteiger charge is 2.40. The fourth-order valence-electron chi connectivity index (χ4n) is 3.08. The number of rotatable bonds is 5. The van der Waals surface area contributed by atoms with Crippen LogP contribution in [0.5, 0.6) is 0 Å². The van der Waals surface area contributed by atoms with Gasteiger partial charge in [0.15, 0.2) is 5.69 Å². The van der Waals surface area contributed by atoms with E-state index in [0.29, 0.717) is 19.1 Å². The first-order chi connectivity index (χ1) is 11.1. The van der Waals surface area contributed by atoms with Crippen LogP contribution in [0.2, 0.25) is 0 Å². The van der Waals surface area contributed by atoms with Crippen LogP contribution < -0.4 is 10.6 Å². The van der Waals surface area contributed by atoms with E-state index in [-0.39, 0.29) is 29.2 Å². The van der Waals surface area contributed by atoms with Crippen LogP contribution in [-0.2, 0) is 9.53 Å². The highest BCUT2D eigenvalue weighted by Crippen LogP contribution is 2.31. The maximum atomic E-state index is 12.3. The van der Waals surface area contributed by atoms with Crippen molar-refractivity contribution < 1.29 is 14.3 Å². The van der Waals surface area contributed by atoms with Gasteiger partial charge in [-0.2, -0.15) is 15.4 Å². The Morgan fingerprint density at radius 1 is 1.48 bits per heavy atom. The largest absolute Gasteiger partial charge is 0.368 e. The van der Waals surface area contributed by atoms with Crippen LogP contribution in [0.3, 0.4) is 0 Å². The van der Waals surface area contributed by atoms with Crippen molar-refractivity contribution in [1.29, 1.82) is 0 Å². The molecule has 2 fully saturated rings. The number of amides is 2. The minimum absolute atomic E-state index is 0.0847. The molecule has 2 aliphatic rings. The zero-order chi connectivity index (χ0) is 16.3. The van der Waals surface area contributed by atoms with Gasteiger partial charge in [0.25, 0.3) is 5.91 Å². The molecule has 0 spiro atoms. The Kier molecular flexibility index (Phi) is 4.61. The van der Waals surface area contributed by atoms with Crippen molar-refractivity contribution in [2.24, 2.45) is 5.92 Å². The summed E-state index contributed by atoms with van der Waals surface area (Å²) in [4.78, 5) is 24.4. The van der Waals surface area contributed by atoms with Crippen molar-refractivity contribution in [1.82, 2.24) is 26.0 Å². The third-order valence-corrected chi connectivity index (χ3v) is 4.78. The van der Waals surface area contributed by atoms with Crippen LogP contribution in [0.1, 0.15) is 49.5 Å². The molecule has 1 aromatic rings. The Balaban J connectivity index is 1.52. The summed E-state index contributed by atoms with van der Waals surface area (Å²) in [6, 6.07) is 0. The van der Waals surface area contributed by atoms with Gasteiger partial charge in [-0.3, -0.25) is 9.59 Å². The molecule has 0 unspecified atom stereocenters. The predicted octanol–water partition coefficient (Wildman–Crippen LogP) is 0.389. The molecule has 23 heavy (non-hydrogen) atoms. The van der Waals surface area contributed by atoms with Crippen LogP contribution in [0, 0.1) is 5.92 Å². The number of carbonyl (C=O) groups excluding carboxylic acids is 2. The molecule has 0 aromatic carbocycles. The van der Waals surface area contributed by atoms with Crippen molar-refractivity contribution in [3.63, 3.8) is 0 Å². The van der Waals surface area contributed by atoms with Gasteiger partial charge in [-0.25, -0.2) is 0 Å². The second-order valence-corrected chi connectivity index (χ2v) is 6.65. The molecule has 3 rings (SSSR count). The highest BCUT2D eigenvalue weighted by molar-refractivity contribution is 5.92. The second kappa shape index (κ2) is 6.66. The van der Waals surface area contributed by atoms with Crippen molar-refractivity contribution in [2.75, 3.05) is 13.2 Å². The van der Waals surface area contributed by atoms with Crippen molar-refractivity contribution in [3.05, 3.63) is 11.9 Å². The number of H-pyrrole nitrogens is 1. The fraction of sp³-hybridized carbons (Fsp3) is 0.733. The van der Waals surface area contributed by atoms with Crippen LogP contribution in [0.4, 0.5) is 0 Å². The third-order valence-electron chi connectivity index (χ3n) is 4.78. The van der Waals surface area contributed by atoms with E-state index < -0.39 is 0 Å². The van der Waals surface area contributed by atoms with Crippen LogP contribution >= 0.6 is 0 Å². The number of hydrogen-bond acceptors (Lipinski definition) is 5. The smallest absolute Gasteiger partial charge is 0.273 e. The second-order valence-electron chi connectivity index (χ2n) is 6.65. The van der Waals surface area contributed by atoms with E-state index in [4.69, 9.17) is 4.74 Å². The average molecular weight is 321 g/mol. The lowest BCUT2D eigenvalue weighted by molar-refractivity contribution is -0.137. The zero-order valence-electron chi connectivity index (χ0n) is 13.3. The number of nitrogens with one attached hydrogen (secondary N) is 3. The molecule has 2 heterocycles. The van der Waals surface area contributed by atoms with E-state index in [9.17, 15) is 9.59 Å². The molecule has 8 nitrogen and oxygen atoms in total. The maximum absolute atomic E-state index is 12.3. The average Bonchev–Trinajstić information content (AvgIpc) is 3.03. The van der Waals surface area contributed by atoms with Gasteiger partial charge in [-0.1, -0.05) is 6.92 Å². The minimum atomic E-state index is -0.383. The van der Waals surface area contributed by atoms with Gasteiger partial charge in [0.1, 0.15) is 6.10 Å². The van der Waals surface area contributed by atoms with Gasteiger partial charge < -0.3 is 15.4 Å². The first-order valence-corrected chi connectivity index (χ1v) is 8.16. The Labute approximate surface area is 134 Å². The Morgan fingerprint density at radius 2 is 2.30 bits per heavy atom. The third kappa shape index (κ3) is 3.69. The Hall–Kier alpha value is -1.96. The summed E-state index contributed by atoms with van der Waals surface area (Å²) >= 11 is 0. The number of nitrogens with zero attached hydrogens (tertiary/aromatic N) is 2. The molecule has 2 atom stereocenters. The molecular weight excluding hydrogens is 298 g/mol. The SMILES string of the molecule is C[C@H]1CCO[C@H](C(=O)NCC2(NC(=O)c3cn[nH]n3)CCC2)C1. The van der Waals surface area contributed by atoms with E-state index in [1.54, 1.807) is 0 Å². The molecule has 2 amide bonds. The number of ether oxygens (including phenoxy) is 1. The molecule has 1 aromatic heterocycles. The van der Waals surface area contributed by atoms with E-state index in [1.807, 2.05) is 0 Å². The first kappa shape index (κ1) is 15.9. The molecule has 1 aliphatic heterocycles. The molecule has 1 saturated carbocycles. The number of carbonyl (C=O) groups is 2. The molecule has 1 aliphatic carbocycles. The summed E-state index contributed by atoms with van der Waals surface area (Å²) in [6.45, 7) is 3.19. The first-order valence-electron chi connectivity index (χ1n) is 8.16. The summed E-state index contributed by atoms with van der Waals surface area (Å²) in [5.41, 5.74) is -0.126. The van der Waals surface area contributed by atoms with E-state index in [2.05, 4.69) is 33.0 Å². The van der Waals surface area contributed by atoms with Crippen molar-refractivity contribution >= 4 is 11.8 Å². The van der Waals surface area contributed by atoms with Crippen molar-refractivity contribution in [3.8, 4) is 0 Å². The molecular formula is C15H23N5O3. The minimum Gasteiger partial charge on any atom is -0.368 e. The van der Waals surface area contributed by atoms with E-state index >= 15 is 0 Å².